The van der Waals surface area contributed by atoms with E-state index in [4.69, 9.17) is 4.74 Å². The van der Waals surface area contributed by atoms with E-state index < -0.39 is 63.4 Å². The maximum Gasteiger partial charge on any atom is 1.00 e. The minimum absolute atomic E-state index is 0. The van der Waals surface area contributed by atoms with Gasteiger partial charge in [-0.25, -0.2) is 13.2 Å². The van der Waals surface area contributed by atoms with Crippen LogP contribution in [0.4, 0.5) is 4.79 Å². The molecule has 0 aromatic heterocycles. The second-order valence-corrected chi connectivity index (χ2v) is 13.8. The zero-order chi connectivity index (χ0) is 34.8. The number of rotatable bonds is 15. The van der Waals surface area contributed by atoms with Gasteiger partial charge in [-0.3, -0.25) is 14.4 Å². The summed E-state index contributed by atoms with van der Waals surface area (Å²) in [4.78, 5) is 52.6. The van der Waals surface area contributed by atoms with E-state index in [-0.39, 0.29) is 61.3 Å². The smallest absolute Gasteiger partial charge is 0.746 e. The normalized spacial score (nSPS) is 16.8. The Balaban J connectivity index is 0.00000650. The van der Waals surface area contributed by atoms with Crippen molar-refractivity contribution in [2.24, 2.45) is 11.8 Å². The fraction of sp³-hybridized carbons (Fsp3) is 0.412. The molecule has 13 nitrogen and oxygen atoms in total. The molecule has 5 atom stereocenters. The fourth-order valence-corrected chi connectivity index (χ4v) is 6.27. The number of carbonyl (C=O) groups excluding carboxylic acids is 4. The molecule has 0 saturated carbocycles. The average molecular weight is 705 g/mol. The van der Waals surface area contributed by atoms with Crippen molar-refractivity contribution < 1.29 is 71.5 Å². The average Bonchev–Trinajstić information content (AvgIpc) is 3.46. The molecule has 1 heterocycles. The van der Waals surface area contributed by atoms with Gasteiger partial charge in [0.2, 0.25) is 17.7 Å². The Morgan fingerprint density at radius 2 is 1.59 bits per heavy atom. The number of carbonyl (C=O) groups is 4. The molecule has 0 bridgehead atoms. The molecule has 258 valence electrons. The van der Waals surface area contributed by atoms with Crippen molar-refractivity contribution in [3.8, 4) is 0 Å². The first kappa shape index (κ1) is 39.9. The van der Waals surface area contributed by atoms with E-state index in [1.807, 2.05) is 48.5 Å². The summed E-state index contributed by atoms with van der Waals surface area (Å²) in [5.74, 6) is -2.85. The molecule has 1 aliphatic rings. The van der Waals surface area contributed by atoms with E-state index >= 15 is 0 Å². The second-order valence-electron chi connectivity index (χ2n) is 12.3. The third kappa shape index (κ3) is 11.8. The number of benzene rings is 3. The zero-order valence-corrected chi connectivity index (χ0v) is 30.6. The van der Waals surface area contributed by atoms with Crippen LogP contribution < -0.4 is 50.8 Å². The predicted molar refractivity (Wildman–Crippen MR) is 176 cm³/mol. The molecule has 1 fully saturated rings. The Morgan fingerprint density at radius 1 is 0.939 bits per heavy atom. The Morgan fingerprint density at radius 3 is 2.24 bits per heavy atom. The zero-order valence-electron chi connectivity index (χ0n) is 27.8. The first-order valence-corrected chi connectivity index (χ1v) is 17.2. The van der Waals surface area contributed by atoms with Gasteiger partial charge >= 0.3 is 35.7 Å². The van der Waals surface area contributed by atoms with E-state index in [1.165, 1.54) is 0 Å². The Kier molecular flexibility index (Phi) is 15.0. The summed E-state index contributed by atoms with van der Waals surface area (Å²) in [6.07, 6.45) is -0.710. The summed E-state index contributed by atoms with van der Waals surface area (Å²) in [6.45, 7) is 3.89. The first-order chi connectivity index (χ1) is 22.8. The van der Waals surface area contributed by atoms with Crippen LogP contribution in [-0.4, -0.2) is 72.0 Å². The SMILES string of the molecule is CC(C)C[C@H](NC(=O)[C@H](Cc1cccc2ccccc12)NC(=O)OCc1ccccc1)C(=O)N[C@@H](C[C@@H]1CCNC1=O)C(O)S(=O)(=O)[O-].[Na+]. The largest absolute Gasteiger partial charge is 1.00 e. The molecule has 5 N–H and O–H groups in total. The summed E-state index contributed by atoms with van der Waals surface area (Å²) < 4.78 is 40.7. The van der Waals surface area contributed by atoms with E-state index in [0.29, 0.717) is 13.0 Å². The molecule has 4 rings (SSSR count). The van der Waals surface area contributed by atoms with Crippen LogP contribution in [0.15, 0.2) is 72.8 Å². The topological polar surface area (TPSA) is 203 Å². The molecule has 3 aromatic rings. The Bertz CT molecular complexity index is 1700. The van der Waals surface area contributed by atoms with Gasteiger partial charge in [-0.05, 0) is 47.1 Å². The van der Waals surface area contributed by atoms with Crippen LogP contribution in [0.3, 0.4) is 0 Å². The number of fused-ring (bicyclic) bond motifs is 1. The van der Waals surface area contributed by atoms with Crippen LogP contribution in [0.25, 0.3) is 10.8 Å². The Hall–Kier alpha value is -3.53. The summed E-state index contributed by atoms with van der Waals surface area (Å²) >= 11 is 0. The molecule has 1 aliphatic heterocycles. The molecule has 1 unspecified atom stereocenters. The minimum Gasteiger partial charge on any atom is -0.746 e. The van der Waals surface area contributed by atoms with Gasteiger partial charge in [0.15, 0.2) is 5.44 Å². The number of nitrogens with one attached hydrogen (secondary N) is 4. The first-order valence-electron chi connectivity index (χ1n) is 15.8. The maximum atomic E-state index is 13.9. The minimum atomic E-state index is -5.27. The molecular formula is C34H41N4NaO9S. The van der Waals surface area contributed by atoms with Crippen LogP contribution in [0, 0.1) is 11.8 Å². The summed E-state index contributed by atoms with van der Waals surface area (Å²) in [5, 5.41) is 22.4. The van der Waals surface area contributed by atoms with Crippen LogP contribution in [0.1, 0.15) is 44.2 Å². The maximum absolute atomic E-state index is 13.9. The van der Waals surface area contributed by atoms with Crippen LogP contribution in [-0.2, 0) is 42.3 Å². The number of aliphatic hydroxyl groups is 1. The number of amides is 4. The molecule has 0 radical (unpaired) electrons. The Labute approximate surface area is 308 Å². The molecule has 0 spiro atoms. The van der Waals surface area contributed by atoms with Gasteiger partial charge in [0, 0.05) is 18.9 Å². The molecule has 3 aromatic carbocycles. The van der Waals surface area contributed by atoms with E-state index in [9.17, 15) is 37.3 Å². The van der Waals surface area contributed by atoms with Gasteiger partial charge in [-0.1, -0.05) is 86.6 Å². The van der Waals surface area contributed by atoms with E-state index in [1.54, 1.807) is 38.1 Å². The van der Waals surface area contributed by atoms with Crippen molar-refractivity contribution in [1.82, 2.24) is 21.3 Å². The third-order valence-electron chi connectivity index (χ3n) is 8.13. The van der Waals surface area contributed by atoms with Gasteiger partial charge in [-0.2, -0.15) is 0 Å². The van der Waals surface area contributed by atoms with Crippen molar-refractivity contribution in [1.29, 1.82) is 0 Å². The third-order valence-corrected chi connectivity index (χ3v) is 9.05. The number of alkyl carbamates (subject to hydrolysis) is 1. The van der Waals surface area contributed by atoms with Crippen molar-refractivity contribution >= 4 is 44.7 Å². The number of hydrogen-bond acceptors (Lipinski definition) is 9. The van der Waals surface area contributed by atoms with Gasteiger partial charge < -0.3 is 35.7 Å². The fourth-order valence-electron chi connectivity index (χ4n) is 5.69. The molecule has 49 heavy (non-hydrogen) atoms. The van der Waals surface area contributed by atoms with Crippen molar-refractivity contribution in [3.63, 3.8) is 0 Å². The monoisotopic (exact) mass is 704 g/mol. The summed E-state index contributed by atoms with van der Waals surface area (Å²) in [5.41, 5.74) is -1.03. The van der Waals surface area contributed by atoms with Gasteiger partial charge in [0.05, 0.1) is 6.04 Å². The van der Waals surface area contributed by atoms with E-state index in [2.05, 4.69) is 21.3 Å². The van der Waals surface area contributed by atoms with E-state index in [0.717, 1.165) is 21.9 Å². The van der Waals surface area contributed by atoms with Crippen LogP contribution >= 0.6 is 0 Å². The molecule has 1 saturated heterocycles. The quantitative estimate of drug-likeness (QED) is 0.0981. The van der Waals surface area contributed by atoms with Gasteiger partial charge in [0.1, 0.15) is 28.8 Å². The predicted octanol–water partition coefficient (Wildman–Crippen LogP) is -0.913. The van der Waals surface area contributed by atoms with Gasteiger partial charge in [0.25, 0.3) is 0 Å². The van der Waals surface area contributed by atoms with Crippen molar-refractivity contribution in [2.45, 2.75) is 69.7 Å². The van der Waals surface area contributed by atoms with Gasteiger partial charge in [-0.15, -0.1) is 0 Å². The molecule has 0 aliphatic carbocycles. The van der Waals surface area contributed by atoms with Crippen LogP contribution in [0.5, 0.6) is 0 Å². The van der Waals surface area contributed by atoms with Crippen LogP contribution in [0.2, 0.25) is 0 Å². The molecule has 15 heteroatoms. The molecular weight excluding hydrogens is 663 g/mol. The van der Waals surface area contributed by atoms with Crippen molar-refractivity contribution in [3.05, 3.63) is 83.9 Å². The molecule has 4 amide bonds. The number of aliphatic hydroxyl groups excluding tert-OH is 1. The summed E-state index contributed by atoms with van der Waals surface area (Å²) in [7, 11) is -5.27. The number of ether oxygens (including phenoxy) is 1. The summed E-state index contributed by atoms with van der Waals surface area (Å²) in [6, 6.07) is 18.0. The second kappa shape index (κ2) is 18.5. The number of hydrogen-bond donors (Lipinski definition) is 5. The van der Waals surface area contributed by atoms with Crippen molar-refractivity contribution in [2.75, 3.05) is 6.54 Å². The standard InChI is InChI=1S/C34H42N4O9S.Na/c1-21(2)17-27(31(40)37-29(33(42)48(44,45)46)19-25-15-16-35-30(25)39)36-32(41)28(38-34(43)47-20-22-9-4-3-5-10-22)18-24-13-8-12-23-11-6-7-14-26(23)24;/h3-14,21,25,27-29,33,42H,15-20H2,1-2H3,(H,35,39)(H,36,41)(H,37,40)(H,38,43)(H,44,45,46);/q;+1/p-1/t25-,27-,28-,29-,33?;/m0./s1.